The zero-order chi connectivity index (χ0) is 12.5. The smallest absolute Gasteiger partial charge is 0.222 e. The van der Waals surface area contributed by atoms with E-state index in [-0.39, 0.29) is 0 Å². The summed E-state index contributed by atoms with van der Waals surface area (Å²) in [5, 5.41) is 4.08. The average Bonchev–Trinajstić information content (AvgIpc) is 2.80. The lowest BCUT2D eigenvalue weighted by atomic mass is 10.2. The Morgan fingerprint density at radius 3 is 2.94 bits per heavy atom. The number of ether oxygens (including phenoxy) is 1. The van der Waals surface area contributed by atoms with Crippen molar-refractivity contribution < 1.29 is 4.74 Å². The number of anilines is 1. The minimum atomic E-state index is 0.538. The summed E-state index contributed by atoms with van der Waals surface area (Å²) in [6.45, 7) is 1.95. The minimum Gasteiger partial charge on any atom is -0.439 e. The third-order valence-corrected chi connectivity index (χ3v) is 2.65. The highest BCUT2D eigenvalue weighted by Crippen LogP contribution is 2.25. The monoisotopic (exact) mass is 240 g/mol. The normalized spacial score (nSPS) is 10.7. The van der Waals surface area contributed by atoms with Crippen LogP contribution in [0.5, 0.6) is 11.6 Å². The molecule has 0 aliphatic carbocycles. The summed E-state index contributed by atoms with van der Waals surface area (Å²) in [5.74, 6) is 1.29. The van der Waals surface area contributed by atoms with E-state index in [9.17, 15) is 0 Å². The number of fused-ring (bicyclic) bond motifs is 1. The lowest BCUT2D eigenvalue weighted by Crippen LogP contribution is -1.95. The van der Waals surface area contributed by atoms with Crippen molar-refractivity contribution in [2.45, 2.75) is 6.92 Å². The van der Waals surface area contributed by atoms with Crippen molar-refractivity contribution >= 4 is 11.3 Å². The standard InChI is InChI=1S/C13H12N4O/c1-9-8-10(14)2-3-11(9)18-13-5-7-17-12(16-13)4-6-15-17/h2-8H,14H2,1H3. The number of aromatic nitrogens is 3. The zero-order valence-electron chi connectivity index (χ0n) is 9.87. The molecule has 0 fully saturated rings. The molecule has 0 amide bonds. The van der Waals surface area contributed by atoms with Gasteiger partial charge in [0.2, 0.25) is 5.88 Å². The van der Waals surface area contributed by atoms with E-state index in [4.69, 9.17) is 10.5 Å². The third kappa shape index (κ3) is 1.86. The maximum absolute atomic E-state index is 5.73. The molecule has 3 rings (SSSR count). The van der Waals surface area contributed by atoms with E-state index in [1.54, 1.807) is 22.8 Å². The lowest BCUT2D eigenvalue weighted by molar-refractivity contribution is 0.459. The van der Waals surface area contributed by atoms with Crippen molar-refractivity contribution in [3.63, 3.8) is 0 Å². The fourth-order valence-corrected chi connectivity index (χ4v) is 1.75. The largest absolute Gasteiger partial charge is 0.439 e. The Balaban J connectivity index is 1.95. The average molecular weight is 240 g/mol. The fourth-order valence-electron chi connectivity index (χ4n) is 1.75. The molecule has 5 nitrogen and oxygen atoms in total. The predicted octanol–water partition coefficient (Wildman–Crippen LogP) is 2.41. The number of rotatable bonds is 2. The molecule has 2 heterocycles. The fraction of sp³-hybridized carbons (Fsp3) is 0.0769. The molecule has 3 aromatic rings. The summed E-state index contributed by atoms with van der Waals surface area (Å²) in [6, 6.07) is 9.11. The van der Waals surface area contributed by atoms with Gasteiger partial charge in [-0.25, -0.2) is 4.52 Å². The summed E-state index contributed by atoms with van der Waals surface area (Å²) >= 11 is 0. The van der Waals surface area contributed by atoms with Crippen LogP contribution in [-0.4, -0.2) is 14.6 Å². The second-order valence-electron chi connectivity index (χ2n) is 4.03. The first-order valence-corrected chi connectivity index (χ1v) is 5.57. The molecular formula is C13H12N4O. The number of hydrogen-bond donors (Lipinski definition) is 1. The van der Waals surface area contributed by atoms with Crippen molar-refractivity contribution in [3.8, 4) is 11.6 Å². The molecule has 0 aliphatic rings. The van der Waals surface area contributed by atoms with Crippen LogP contribution in [0.2, 0.25) is 0 Å². The van der Waals surface area contributed by atoms with Crippen LogP contribution in [0.1, 0.15) is 5.56 Å². The van der Waals surface area contributed by atoms with Gasteiger partial charge >= 0.3 is 0 Å². The Labute approximate surface area is 104 Å². The number of benzene rings is 1. The highest BCUT2D eigenvalue weighted by Gasteiger charge is 2.04. The van der Waals surface area contributed by atoms with Crippen LogP contribution in [0.4, 0.5) is 5.69 Å². The molecule has 18 heavy (non-hydrogen) atoms. The van der Waals surface area contributed by atoms with E-state index in [2.05, 4.69) is 10.1 Å². The van der Waals surface area contributed by atoms with Gasteiger partial charge in [-0.15, -0.1) is 0 Å². The van der Waals surface area contributed by atoms with E-state index in [1.165, 1.54) is 0 Å². The molecule has 2 aromatic heterocycles. The Morgan fingerprint density at radius 1 is 1.22 bits per heavy atom. The van der Waals surface area contributed by atoms with Crippen LogP contribution in [0.25, 0.3) is 5.65 Å². The van der Waals surface area contributed by atoms with Gasteiger partial charge in [-0.05, 0) is 30.7 Å². The molecule has 0 aliphatic heterocycles. The number of aryl methyl sites for hydroxylation is 1. The molecule has 0 bridgehead atoms. The molecule has 0 saturated heterocycles. The third-order valence-electron chi connectivity index (χ3n) is 2.65. The summed E-state index contributed by atoms with van der Waals surface area (Å²) in [4.78, 5) is 4.34. The number of nitrogen functional groups attached to an aromatic ring is 1. The van der Waals surface area contributed by atoms with Crippen molar-refractivity contribution in [1.82, 2.24) is 14.6 Å². The zero-order valence-corrected chi connectivity index (χ0v) is 9.87. The topological polar surface area (TPSA) is 65.4 Å². The van der Waals surface area contributed by atoms with Crippen LogP contribution in [0.3, 0.4) is 0 Å². The molecular weight excluding hydrogens is 228 g/mol. The van der Waals surface area contributed by atoms with E-state index < -0.39 is 0 Å². The van der Waals surface area contributed by atoms with Gasteiger partial charge < -0.3 is 10.5 Å². The highest BCUT2D eigenvalue weighted by molar-refractivity contribution is 5.48. The van der Waals surface area contributed by atoms with E-state index in [0.29, 0.717) is 5.88 Å². The predicted molar refractivity (Wildman–Crippen MR) is 68.7 cm³/mol. The molecule has 90 valence electrons. The van der Waals surface area contributed by atoms with Crippen LogP contribution >= 0.6 is 0 Å². The van der Waals surface area contributed by atoms with Crippen molar-refractivity contribution in [3.05, 3.63) is 48.3 Å². The summed E-state index contributed by atoms with van der Waals surface area (Å²) in [5.41, 5.74) is 8.15. The lowest BCUT2D eigenvalue weighted by Gasteiger charge is -2.08. The molecule has 0 radical (unpaired) electrons. The van der Waals surface area contributed by atoms with Crippen molar-refractivity contribution in [2.24, 2.45) is 0 Å². The first-order chi connectivity index (χ1) is 8.72. The van der Waals surface area contributed by atoms with Crippen molar-refractivity contribution in [1.29, 1.82) is 0 Å². The first kappa shape index (κ1) is 10.6. The summed E-state index contributed by atoms with van der Waals surface area (Å²) in [6.07, 6.45) is 3.50. The van der Waals surface area contributed by atoms with Gasteiger partial charge in [0, 0.05) is 24.0 Å². The SMILES string of the molecule is Cc1cc(N)ccc1Oc1ccn2nccc2n1. The maximum Gasteiger partial charge on any atom is 0.222 e. The quantitative estimate of drug-likeness (QED) is 0.698. The Bertz CT molecular complexity index is 705. The molecule has 0 atom stereocenters. The van der Waals surface area contributed by atoms with Crippen LogP contribution < -0.4 is 10.5 Å². The number of hydrogen-bond acceptors (Lipinski definition) is 4. The number of nitrogens with two attached hydrogens (primary N) is 1. The van der Waals surface area contributed by atoms with E-state index in [0.717, 1.165) is 22.6 Å². The van der Waals surface area contributed by atoms with Gasteiger partial charge in [-0.1, -0.05) is 0 Å². The highest BCUT2D eigenvalue weighted by atomic mass is 16.5. The minimum absolute atomic E-state index is 0.538. The molecule has 1 aromatic carbocycles. The van der Waals surface area contributed by atoms with Gasteiger partial charge in [0.1, 0.15) is 5.75 Å². The molecule has 0 saturated carbocycles. The molecule has 2 N–H and O–H groups in total. The van der Waals surface area contributed by atoms with Gasteiger partial charge in [0.25, 0.3) is 0 Å². The summed E-state index contributed by atoms with van der Waals surface area (Å²) in [7, 11) is 0. The second kappa shape index (κ2) is 4.03. The van der Waals surface area contributed by atoms with Gasteiger partial charge in [0.05, 0.1) is 6.20 Å². The van der Waals surface area contributed by atoms with Crippen molar-refractivity contribution in [2.75, 3.05) is 5.73 Å². The van der Waals surface area contributed by atoms with Gasteiger partial charge in [-0.2, -0.15) is 10.1 Å². The molecule has 5 heteroatoms. The molecule has 0 spiro atoms. The Morgan fingerprint density at radius 2 is 2.11 bits per heavy atom. The molecule has 0 unspecified atom stereocenters. The first-order valence-electron chi connectivity index (χ1n) is 5.57. The Kier molecular flexibility index (Phi) is 2.37. The summed E-state index contributed by atoms with van der Waals surface area (Å²) < 4.78 is 7.42. The maximum atomic E-state index is 5.73. The Hall–Kier alpha value is -2.56. The van der Waals surface area contributed by atoms with Crippen LogP contribution in [-0.2, 0) is 0 Å². The van der Waals surface area contributed by atoms with Gasteiger partial charge in [-0.3, -0.25) is 0 Å². The van der Waals surface area contributed by atoms with E-state index in [1.807, 2.05) is 31.3 Å². The van der Waals surface area contributed by atoms with Crippen LogP contribution in [0, 0.1) is 6.92 Å². The van der Waals surface area contributed by atoms with Crippen LogP contribution in [0.15, 0.2) is 42.7 Å². The van der Waals surface area contributed by atoms with Gasteiger partial charge in [0.15, 0.2) is 5.65 Å². The second-order valence-corrected chi connectivity index (χ2v) is 4.03. The number of nitrogens with zero attached hydrogens (tertiary/aromatic N) is 3. The van der Waals surface area contributed by atoms with E-state index >= 15 is 0 Å².